The third kappa shape index (κ3) is 9.39. The number of aldehydes is 1. The third-order valence-corrected chi connectivity index (χ3v) is 13.0. The number of nitrogens with two attached hydrogens (primary N) is 1. The number of H-pyrrole nitrogens is 1. The Morgan fingerprint density at radius 2 is 1.83 bits per heavy atom. The first-order valence-corrected chi connectivity index (χ1v) is 21.5. The average molecular weight is 823 g/mol. The number of aromatic amines is 1. The van der Waals surface area contributed by atoms with Gasteiger partial charge in [0.1, 0.15) is 23.4 Å². The van der Waals surface area contributed by atoms with Crippen LogP contribution in [0.4, 0.5) is 17.1 Å². The number of hydrogen-bond acceptors (Lipinski definition) is 11. The van der Waals surface area contributed by atoms with Gasteiger partial charge in [-0.15, -0.1) is 0 Å². The Bertz CT molecular complexity index is 2200. The highest BCUT2D eigenvalue weighted by atomic mass is 35.5. The molecule has 1 atom stereocenters. The van der Waals surface area contributed by atoms with E-state index in [0.717, 1.165) is 130 Å². The van der Waals surface area contributed by atoms with E-state index in [2.05, 4.69) is 35.2 Å². The van der Waals surface area contributed by atoms with E-state index in [9.17, 15) is 9.59 Å². The Hall–Kier alpha value is -4.82. The van der Waals surface area contributed by atoms with Crippen LogP contribution in [0.1, 0.15) is 73.3 Å². The number of nitrogen functional groups attached to an aromatic ring is 1. The quantitative estimate of drug-likeness (QED) is 0.0391. The van der Waals surface area contributed by atoms with Crippen LogP contribution in [0.15, 0.2) is 84.3 Å². The van der Waals surface area contributed by atoms with Crippen LogP contribution < -0.4 is 30.7 Å². The van der Waals surface area contributed by atoms with Crippen molar-refractivity contribution in [2.24, 2.45) is 17.3 Å². The number of amides is 1. The zero-order chi connectivity index (χ0) is 39.9. The molecule has 14 heteroatoms. The van der Waals surface area contributed by atoms with Gasteiger partial charge >= 0.3 is 0 Å². The topological polar surface area (TPSA) is 160 Å². The first kappa shape index (κ1) is 40.0. The van der Waals surface area contributed by atoms with Crippen molar-refractivity contribution in [2.75, 3.05) is 55.3 Å². The van der Waals surface area contributed by atoms with Crippen molar-refractivity contribution in [1.82, 2.24) is 25.0 Å². The van der Waals surface area contributed by atoms with Crippen molar-refractivity contribution in [2.45, 2.75) is 62.3 Å². The number of ether oxygens (including phenoxy) is 2. The lowest BCUT2D eigenvalue weighted by Crippen LogP contribution is -2.42. The Labute approximate surface area is 348 Å². The van der Waals surface area contributed by atoms with Crippen molar-refractivity contribution in [1.29, 1.82) is 0 Å². The summed E-state index contributed by atoms with van der Waals surface area (Å²) < 4.78 is 14.9. The van der Waals surface area contributed by atoms with Crippen LogP contribution in [0.2, 0.25) is 5.02 Å². The van der Waals surface area contributed by atoms with Gasteiger partial charge in [0.15, 0.2) is 0 Å². The van der Waals surface area contributed by atoms with Crippen LogP contribution in [-0.2, 0) is 9.53 Å². The minimum absolute atomic E-state index is 0.130. The predicted octanol–water partition coefficient (Wildman–Crippen LogP) is 8.57. The number of hydrogen-bond donors (Lipinski definition) is 5. The molecule has 3 aromatic heterocycles. The molecule has 3 aliphatic rings. The highest BCUT2D eigenvalue weighted by Crippen LogP contribution is 2.46. The molecule has 5 heterocycles. The van der Waals surface area contributed by atoms with E-state index in [1.54, 1.807) is 12.4 Å². The lowest BCUT2D eigenvalue weighted by molar-refractivity contribution is -0.117. The lowest BCUT2D eigenvalue weighted by atomic mass is 9.76. The Balaban J connectivity index is 0.932. The fraction of sp³-hybridized carbons (Fsp3) is 0.409. The van der Waals surface area contributed by atoms with Crippen molar-refractivity contribution < 1.29 is 19.1 Å². The summed E-state index contributed by atoms with van der Waals surface area (Å²) in [6.07, 6.45) is 16.0. The number of aromatic nitrogens is 3. The summed E-state index contributed by atoms with van der Waals surface area (Å²) in [5.41, 5.74) is 10.6. The maximum atomic E-state index is 13.8. The lowest BCUT2D eigenvalue weighted by Gasteiger charge is -2.37. The maximum Gasteiger partial charge on any atom is 0.265 e. The summed E-state index contributed by atoms with van der Waals surface area (Å²) in [4.78, 5) is 41.5. The van der Waals surface area contributed by atoms with Crippen molar-refractivity contribution in [3.05, 3.63) is 95.5 Å². The largest absolute Gasteiger partial charge is 0.455 e. The van der Waals surface area contributed by atoms with E-state index in [0.29, 0.717) is 39.6 Å². The van der Waals surface area contributed by atoms with Crippen LogP contribution >= 0.6 is 23.5 Å². The molecule has 2 saturated heterocycles. The van der Waals surface area contributed by atoms with Gasteiger partial charge in [-0.3, -0.25) is 14.5 Å². The summed E-state index contributed by atoms with van der Waals surface area (Å²) in [6, 6.07) is 17.2. The Morgan fingerprint density at radius 3 is 2.60 bits per heavy atom. The summed E-state index contributed by atoms with van der Waals surface area (Å²) >= 11 is 7.58. The van der Waals surface area contributed by atoms with Crippen LogP contribution in [0.25, 0.3) is 11.0 Å². The van der Waals surface area contributed by atoms with E-state index >= 15 is 0 Å². The number of nitrogens with one attached hydrogen (secondary N) is 4. The second-order valence-corrected chi connectivity index (χ2v) is 17.2. The minimum atomic E-state index is -0.447. The second-order valence-electron chi connectivity index (χ2n) is 15.9. The summed E-state index contributed by atoms with van der Waals surface area (Å²) in [7, 11) is 0. The van der Waals surface area contributed by atoms with Gasteiger partial charge in [0.2, 0.25) is 0 Å². The number of rotatable bonds is 15. The predicted molar refractivity (Wildman–Crippen MR) is 231 cm³/mol. The Kier molecular flexibility index (Phi) is 12.7. The number of carbonyl (C=O) groups is 2. The number of anilines is 3. The highest BCUT2D eigenvalue weighted by Gasteiger charge is 2.42. The van der Waals surface area contributed by atoms with Crippen molar-refractivity contribution >= 4 is 63.8 Å². The number of halogens is 1. The molecule has 1 amide bonds. The van der Waals surface area contributed by atoms with Gasteiger partial charge in [0.25, 0.3) is 5.91 Å². The fourth-order valence-corrected chi connectivity index (χ4v) is 9.46. The fourth-order valence-electron chi connectivity index (χ4n) is 8.64. The molecule has 58 heavy (non-hydrogen) atoms. The van der Waals surface area contributed by atoms with Gasteiger partial charge < -0.3 is 40.5 Å². The minimum Gasteiger partial charge on any atom is -0.455 e. The molecular weight excluding hydrogens is 772 g/mol. The summed E-state index contributed by atoms with van der Waals surface area (Å²) in [5, 5.41) is 8.77. The number of benzene rings is 2. The van der Waals surface area contributed by atoms with Gasteiger partial charge in [0.05, 0.1) is 28.2 Å². The average Bonchev–Trinajstić information content (AvgIpc) is 3.94. The maximum absolute atomic E-state index is 13.8. The molecule has 2 aromatic carbocycles. The molecule has 0 radical (unpaired) electrons. The van der Waals surface area contributed by atoms with Crippen LogP contribution in [0.5, 0.6) is 11.5 Å². The molecular formula is C44H51ClN8O4S. The summed E-state index contributed by atoms with van der Waals surface area (Å²) in [6.45, 7) is 4.94. The second kappa shape index (κ2) is 18.4. The standard InChI is InChI=1S/C44H51ClN8O4S/c45-33-19-32(25-47-26-33)41(44(28-54)12-1-2-13-44)50-24-29-8-15-53(16-9-29)34-3-5-37(40(21-34)57-35-20-31-7-14-48-42(31)51-27-35)43(55)52-58-36-4-6-39(38(46)22-36)49-23-30-10-17-56-18-11-30/h3-7,14,19-22,25-30,41,49-50H,1-2,8-13,15-18,23-24,46H2,(H,48,51)(H,52,55). The number of fused-ring (bicyclic) bond motifs is 1. The molecule has 0 spiro atoms. The number of carbonyl (C=O) groups excluding carboxylic acids is 2. The van der Waals surface area contributed by atoms with Crippen molar-refractivity contribution in [3.8, 4) is 11.5 Å². The van der Waals surface area contributed by atoms with E-state index in [-0.39, 0.29) is 11.9 Å². The van der Waals surface area contributed by atoms with E-state index in [4.69, 9.17) is 26.8 Å². The SMILES string of the molecule is Nc1cc(SNC(=O)c2ccc(N3CCC(CNC(c4cncc(Cl)c4)C4(C=O)CCCC4)CC3)cc2Oc2cnc3[nH]ccc3c2)ccc1NCC1CCOCC1. The molecule has 6 N–H and O–H groups in total. The van der Waals surface area contributed by atoms with Crippen molar-refractivity contribution in [3.63, 3.8) is 0 Å². The summed E-state index contributed by atoms with van der Waals surface area (Å²) in [5.74, 6) is 1.69. The van der Waals surface area contributed by atoms with E-state index in [1.165, 1.54) is 11.9 Å². The molecule has 2 aliphatic heterocycles. The van der Waals surface area contributed by atoms with E-state index in [1.807, 2.05) is 67.0 Å². The zero-order valence-electron chi connectivity index (χ0n) is 32.6. The smallest absolute Gasteiger partial charge is 0.265 e. The molecule has 8 rings (SSSR count). The van der Waals surface area contributed by atoms with E-state index < -0.39 is 5.41 Å². The molecule has 5 aromatic rings. The Morgan fingerprint density at radius 1 is 1.02 bits per heavy atom. The normalized spacial score (nSPS) is 17.9. The molecule has 0 bridgehead atoms. The van der Waals surface area contributed by atoms with Gasteiger partial charge in [0, 0.05) is 84.9 Å². The first-order valence-electron chi connectivity index (χ1n) is 20.3. The van der Waals surface area contributed by atoms with Crippen LogP contribution in [-0.4, -0.2) is 66.5 Å². The third-order valence-electron chi connectivity index (χ3n) is 12.0. The number of nitrogens with zero attached hydrogens (tertiary/aromatic N) is 3. The van der Waals surface area contributed by atoms with Gasteiger partial charge in [-0.2, -0.15) is 0 Å². The number of pyridine rings is 2. The molecule has 1 aliphatic carbocycles. The van der Waals surface area contributed by atoms with Crippen LogP contribution in [0, 0.1) is 17.3 Å². The molecule has 12 nitrogen and oxygen atoms in total. The van der Waals surface area contributed by atoms with Gasteiger partial charge in [-0.05, 0) is 123 Å². The number of piperidine rings is 1. The van der Waals surface area contributed by atoms with Gasteiger partial charge in [-0.1, -0.05) is 24.4 Å². The zero-order valence-corrected chi connectivity index (χ0v) is 34.1. The first-order chi connectivity index (χ1) is 28.4. The monoisotopic (exact) mass is 822 g/mol. The highest BCUT2D eigenvalue weighted by molar-refractivity contribution is 7.98. The molecule has 1 unspecified atom stereocenters. The van der Waals surface area contributed by atoms with Gasteiger partial charge in [-0.25, -0.2) is 4.98 Å². The van der Waals surface area contributed by atoms with Crippen LogP contribution in [0.3, 0.4) is 0 Å². The molecule has 1 saturated carbocycles. The molecule has 304 valence electrons. The molecule has 3 fully saturated rings.